The van der Waals surface area contributed by atoms with E-state index < -0.39 is 0 Å². The second kappa shape index (κ2) is 21.4. The standard InChI is InChI=1S/Co.O.Ti.Zn/q;-2;;+2. The maximum Gasteiger partial charge on any atom is 2.00 e. The van der Waals surface area contributed by atoms with Crippen molar-refractivity contribution in [3.8, 4) is 0 Å². The Morgan fingerprint density at radius 2 is 1.00 bits per heavy atom. The van der Waals surface area contributed by atoms with E-state index in [1.807, 2.05) is 0 Å². The Balaban J connectivity index is 0. The van der Waals surface area contributed by atoms with E-state index in [-0.39, 0.29) is 63.5 Å². The van der Waals surface area contributed by atoms with Crippen LogP contribution < -0.4 is 0 Å². The van der Waals surface area contributed by atoms with Crippen molar-refractivity contribution in [3.63, 3.8) is 0 Å². The van der Waals surface area contributed by atoms with Gasteiger partial charge in [0.15, 0.2) is 0 Å². The summed E-state index contributed by atoms with van der Waals surface area (Å²) in [7, 11) is 0. The van der Waals surface area contributed by atoms with Gasteiger partial charge >= 0.3 is 19.5 Å². The topological polar surface area (TPSA) is 28.5 Å². The maximum absolute atomic E-state index is 0. The molecule has 0 bridgehead atoms. The minimum atomic E-state index is 0. The van der Waals surface area contributed by atoms with Crippen LogP contribution in [-0.2, 0) is 63.5 Å². The Bertz CT molecular complexity index is 8.00. The first kappa shape index (κ1) is 41.2. The summed E-state index contributed by atoms with van der Waals surface area (Å²) in [4.78, 5) is 0. The summed E-state index contributed by atoms with van der Waals surface area (Å²) in [6, 6.07) is 0. The molecule has 0 aliphatic heterocycles. The Labute approximate surface area is 63.1 Å². The molecule has 1 radical (unpaired) electrons. The van der Waals surface area contributed by atoms with E-state index in [1.165, 1.54) is 0 Å². The molecule has 0 atom stereocenters. The zero-order valence-electron chi connectivity index (χ0n) is 1.95. The van der Waals surface area contributed by atoms with E-state index >= 15 is 0 Å². The van der Waals surface area contributed by atoms with Gasteiger partial charge in [0.25, 0.3) is 0 Å². The quantitative estimate of drug-likeness (QED) is 0.474. The minimum absolute atomic E-state index is 0. The summed E-state index contributed by atoms with van der Waals surface area (Å²) in [6.45, 7) is 0. The Morgan fingerprint density at radius 1 is 1.00 bits per heavy atom. The monoisotopic (exact) mass is 187 g/mol. The molecule has 0 saturated carbocycles. The third-order valence-corrected chi connectivity index (χ3v) is 0. The molecule has 0 N–H and O–H groups in total. The van der Waals surface area contributed by atoms with Crippen LogP contribution in [-0.4, -0.2) is 0 Å². The zero-order chi connectivity index (χ0) is 0. The largest absolute Gasteiger partial charge is 2.00 e. The number of hydrogen-bond donors (Lipinski definition) is 0. The van der Waals surface area contributed by atoms with Gasteiger partial charge in [0, 0.05) is 38.5 Å². The van der Waals surface area contributed by atoms with Gasteiger partial charge in [-0.05, 0) is 0 Å². The van der Waals surface area contributed by atoms with Crippen molar-refractivity contribution < 1.29 is 63.5 Å². The van der Waals surface area contributed by atoms with Gasteiger partial charge in [-0.2, -0.15) is 0 Å². The maximum atomic E-state index is 0. The van der Waals surface area contributed by atoms with Gasteiger partial charge in [0.05, 0.1) is 0 Å². The molecule has 1 nitrogen and oxygen atoms in total. The van der Waals surface area contributed by atoms with E-state index in [0.29, 0.717) is 0 Å². The van der Waals surface area contributed by atoms with Gasteiger partial charge < -0.3 is 5.48 Å². The van der Waals surface area contributed by atoms with Crippen LogP contribution in [0, 0.1) is 0 Å². The van der Waals surface area contributed by atoms with Crippen molar-refractivity contribution in [2.24, 2.45) is 0 Å². The van der Waals surface area contributed by atoms with Crippen molar-refractivity contribution in [2.75, 3.05) is 0 Å². The summed E-state index contributed by atoms with van der Waals surface area (Å²) < 4.78 is 0. The first-order chi connectivity index (χ1) is 0. The van der Waals surface area contributed by atoms with Gasteiger partial charge in [-0.25, -0.2) is 0 Å². The smallest absolute Gasteiger partial charge is 2.00 e. The van der Waals surface area contributed by atoms with Crippen molar-refractivity contribution >= 4 is 0 Å². The third kappa shape index (κ3) is 9.19. The van der Waals surface area contributed by atoms with Crippen LogP contribution in [0.25, 0.3) is 0 Å². The molecule has 0 fully saturated rings. The van der Waals surface area contributed by atoms with Gasteiger partial charge in [0.2, 0.25) is 0 Å². The van der Waals surface area contributed by atoms with Crippen LogP contribution in [0.4, 0.5) is 0 Å². The molecule has 0 aliphatic rings. The van der Waals surface area contributed by atoms with Crippen LogP contribution in [0.15, 0.2) is 0 Å². The second-order valence-electron chi connectivity index (χ2n) is 0. The molecule has 0 aromatic rings. The van der Waals surface area contributed by atoms with E-state index in [4.69, 9.17) is 0 Å². The fraction of sp³-hybridized carbons (Fsp3) is 0. The van der Waals surface area contributed by atoms with E-state index in [9.17, 15) is 0 Å². The molecule has 0 spiro atoms. The molecule has 0 unspecified atom stereocenters. The molecule has 4 heavy (non-hydrogen) atoms. The first-order valence-corrected chi connectivity index (χ1v) is 0. The molecule has 0 aromatic carbocycles. The zero-order valence-corrected chi connectivity index (χ0v) is 7.52. The van der Waals surface area contributed by atoms with E-state index in [0.717, 1.165) is 0 Å². The summed E-state index contributed by atoms with van der Waals surface area (Å²) >= 11 is 0. The molecule has 0 amide bonds. The Hall–Kier alpha value is 1.80. The molecule has 0 aromatic heterocycles. The molecule has 0 heterocycles. The molecule has 21 valence electrons. The average Bonchev–Trinajstić information content (AvgIpc) is 0. The van der Waals surface area contributed by atoms with Crippen molar-refractivity contribution in [1.29, 1.82) is 0 Å². The first-order valence-electron chi connectivity index (χ1n) is 0. The van der Waals surface area contributed by atoms with Crippen LogP contribution in [0.2, 0.25) is 0 Å². The Kier molecular flexibility index (Phi) is 220. The van der Waals surface area contributed by atoms with Crippen LogP contribution >= 0.6 is 0 Å². The fourth-order valence-corrected chi connectivity index (χ4v) is 0. The molecular weight excluding hydrogens is 188 g/mol. The van der Waals surface area contributed by atoms with E-state index in [2.05, 4.69) is 0 Å². The summed E-state index contributed by atoms with van der Waals surface area (Å²) in [6.07, 6.45) is 0. The fourth-order valence-electron chi connectivity index (χ4n) is 0. The normalized spacial score (nSPS) is 0. The van der Waals surface area contributed by atoms with Gasteiger partial charge in [0.1, 0.15) is 0 Å². The molecule has 0 aliphatic carbocycles. The molecule has 0 rings (SSSR count). The second-order valence-corrected chi connectivity index (χ2v) is 0. The number of rotatable bonds is 0. The summed E-state index contributed by atoms with van der Waals surface area (Å²) in [5.41, 5.74) is 0. The van der Waals surface area contributed by atoms with Gasteiger partial charge in [-0.15, -0.1) is 0 Å². The van der Waals surface area contributed by atoms with Gasteiger partial charge in [-0.3, -0.25) is 0 Å². The van der Waals surface area contributed by atoms with E-state index in [1.54, 1.807) is 0 Å². The SMILES string of the molecule is [Co].[O-2].[Ti].[Zn+2]. The molecule has 4 heteroatoms. The van der Waals surface area contributed by atoms with Crippen molar-refractivity contribution in [3.05, 3.63) is 0 Å². The minimum Gasteiger partial charge on any atom is -2.00 e. The predicted molar refractivity (Wildman–Crippen MR) is 0.686 cm³/mol. The average molecular weight is 188 g/mol. The van der Waals surface area contributed by atoms with Crippen LogP contribution in [0.5, 0.6) is 0 Å². The third-order valence-electron chi connectivity index (χ3n) is 0. The molecule has 0 saturated heterocycles. The van der Waals surface area contributed by atoms with Crippen LogP contribution in [0.3, 0.4) is 0 Å². The summed E-state index contributed by atoms with van der Waals surface area (Å²) in [5, 5.41) is 0. The molecular formula is CoOTiZn. The predicted octanol–water partition coefficient (Wildman–Crippen LogP) is -0.126. The van der Waals surface area contributed by atoms with Gasteiger partial charge in [-0.1, -0.05) is 0 Å². The number of hydrogen-bond acceptors (Lipinski definition) is 0. The summed E-state index contributed by atoms with van der Waals surface area (Å²) in [5.74, 6) is 0. The van der Waals surface area contributed by atoms with Crippen molar-refractivity contribution in [1.82, 2.24) is 0 Å². The van der Waals surface area contributed by atoms with Crippen LogP contribution in [0.1, 0.15) is 0 Å². The van der Waals surface area contributed by atoms with Crippen molar-refractivity contribution in [2.45, 2.75) is 0 Å². The Morgan fingerprint density at radius 3 is 1.00 bits per heavy atom.